The summed E-state index contributed by atoms with van der Waals surface area (Å²) < 4.78 is 16.2. The molecule has 1 aliphatic heterocycles. The third kappa shape index (κ3) is 3.80. The molecule has 1 aliphatic rings. The third-order valence-corrected chi connectivity index (χ3v) is 4.15. The Morgan fingerprint density at radius 3 is 2.57 bits per heavy atom. The molecule has 0 fully saturated rings. The second kappa shape index (κ2) is 7.43. The molecule has 0 aliphatic carbocycles. The molecule has 0 saturated carbocycles. The normalized spacial score (nSPS) is 11.8. The predicted molar refractivity (Wildman–Crippen MR) is 103 cm³/mol. The summed E-state index contributed by atoms with van der Waals surface area (Å²) in [6.45, 7) is 2.05. The molecule has 0 unspecified atom stereocenters. The number of rotatable bonds is 4. The number of fused-ring (bicyclic) bond motifs is 1. The van der Waals surface area contributed by atoms with Gasteiger partial charge in [-0.3, -0.25) is 4.90 Å². The van der Waals surface area contributed by atoms with Gasteiger partial charge >= 0.3 is 6.03 Å². The Bertz CT molecular complexity index is 990. The third-order valence-electron chi connectivity index (χ3n) is 4.15. The first kappa shape index (κ1) is 17.6. The van der Waals surface area contributed by atoms with Crippen LogP contribution in [-0.2, 0) is 0 Å². The number of hydrogen-bond donors (Lipinski definition) is 1. The van der Waals surface area contributed by atoms with Crippen molar-refractivity contribution in [2.45, 2.75) is 6.92 Å². The van der Waals surface area contributed by atoms with E-state index in [1.54, 1.807) is 55.6 Å². The zero-order chi connectivity index (χ0) is 19.5. The van der Waals surface area contributed by atoms with Gasteiger partial charge in [-0.15, -0.1) is 5.10 Å². The first-order chi connectivity index (χ1) is 13.6. The average Bonchev–Trinajstić information content (AvgIpc) is 3.17. The molecule has 0 saturated heterocycles. The fraction of sp³-hybridized carbons (Fsp3) is 0.150. The smallest absolute Gasteiger partial charge is 0.326 e. The molecule has 3 aromatic rings. The molecule has 0 atom stereocenters. The summed E-state index contributed by atoms with van der Waals surface area (Å²) in [5, 5.41) is 10.7. The van der Waals surface area contributed by atoms with E-state index in [9.17, 15) is 4.79 Å². The topological polar surface area (TPSA) is 85.8 Å². The van der Waals surface area contributed by atoms with Crippen molar-refractivity contribution in [2.24, 2.45) is 0 Å². The Morgan fingerprint density at radius 2 is 1.82 bits per heavy atom. The lowest BCUT2D eigenvalue weighted by Crippen LogP contribution is -2.31. The van der Waals surface area contributed by atoms with E-state index in [-0.39, 0.29) is 12.8 Å². The molecule has 28 heavy (non-hydrogen) atoms. The monoisotopic (exact) mass is 378 g/mol. The number of urea groups is 1. The summed E-state index contributed by atoms with van der Waals surface area (Å²) in [5.74, 6) is 2.29. The fourth-order valence-corrected chi connectivity index (χ4v) is 2.60. The Balaban J connectivity index is 1.40. The highest BCUT2D eigenvalue weighted by molar-refractivity contribution is 6.01. The number of carbonyl (C=O) groups is 1. The summed E-state index contributed by atoms with van der Waals surface area (Å²) in [4.78, 5) is 14.0. The number of amides is 2. The summed E-state index contributed by atoms with van der Waals surface area (Å²) in [7, 11) is 1.68. The number of hydrogen-bond acceptors (Lipinski definition) is 6. The van der Waals surface area contributed by atoms with E-state index in [1.807, 2.05) is 13.0 Å². The van der Waals surface area contributed by atoms with Crippen LogP contribution in [0.2, 0.25) is 0 Å². The first-order valence-electron chi connectivity index (χ1n) is 8.61. The summed E-state index contributed by atoms with van der Waals surface area (Å²) in [6.07, 6.45) is 0. The zero-order valence-electron chi connectivity index (χ0n) is 15.4. The Morgan fingerprint density at radius 1 is 1.04 bits per heavy atom. The molecule has 2 aromatic carbocycles. The van der Waals surface area contributed by atoms with Crippen LogP contribution in [-0.4, -0.2) is 30.1 Å². The van der Waals surface area contributed by atoms with Crippen molar-refractivity contribution in [2.75, 3.05) is 24.1 Å². The molecule has 2 heterocycles. The van der Waals surface area contributed by atoms with Crippen LogP contribution in [0.3, 0.4) is 0 Å². The maximum Gasteiger partial charge on any atom is 0.326 e. The van der Waals surface area contributed by atoms with E-state index in [4.69, 9.17) is 14.2 Å². The number of aromatic nitrogens is 2. The Kier molecular flexibility index (Phi) is 4.67. The van der Waals surface area contributed by atoms with Crippen molar-refractivity contribution < 1.29 is 19.0 Å². The molecule has 142 valence electrons. The van der Waals surface area contributed by atoms with Crippen LogP contribution in [0.1, 0.15) is 5.69 Å². The highest BCUT2D eigenvalue weighted by atomic mass is 16.7. The van der Waals surface area contributed by atoms with E-state index < -0.39 is 0 Å². The van der Waals surface area contributed by atoms with Crippen molar-refractivity contribution in [3.05, 3.63) is 60.3 Å². The molecule has 1 aromatic heterocycles. The van der Waals surface area contributed by atoms with Gasteiger partial charge in [-0.05, 0) is 49.4 Å². The highest BCUT2D eigenvalue weighted by Gasteiger charge is 2.16. The van der Waals surface area contributed by atoms with Gasteiger partial charge in [-0.2, -0.15) is 5.10 Å². The van der Waals surface area contributed by atoms with Crippen molar-refractivity contribution in [1.82, 2.24) is 10.2 Å². The van der Waals surface area contributed by atoms with Crippen molar-refractivity contribution in [3.63, 3.8) is 0 Å². The maximum atomic E-state index is 12.5. The van der Waals surface area contributed by atoms with Gasteiger partial charge in [0.2, 0.25) is 12.7 Å². The van der Waals surface area contributed by atoms with Crippen LogP contribution in [0.4, 0.5) is 16.2 Å². The molecule has 0 radical (unpaired) electrons. The number of carbonyl (C=O) groups excluding carboxylic acids is 1. The van der Waals surface area contributed by atoms with E-state index in [0.717, 1.165) is 5.69 Å². The standard InChI is InChI=1S/C20H18N4O4/c1-13-3-10-19(23-22-13)28-16-7-5-15(6-8-16)24(2)20(25)21-14-4-9-17-18(11-14)27-12-26-17/h3-11H,12H2,1-2H3,(H,21,25). The number of nitrogens with one attached hydrogen (secondary N) is 1. The minimum atomic E-state index is -0.281. The predicted octanol–water partition coefficient (Wildman–Crippen LogP) is 3.97. The molecular formula is C20H18N4O4. The summed E-state index contributed by atoms with van der Waals surface area (Å²) >= 11 is 0. The molecule has 8 nitrogen and oxygen atoms in total. The van der Waals surface area contributed by atoms with Gasteiger partial charge in [0.05, 0.1) is 5.69 Å². The maximum absolute atomic E-state index is 12.5. The van der Waals surface area contributed by atoms with Crippen molar-refractivity contribution in [3.8, 4) is 23.1 Å². The second-order valence-electron chi connectivity index (χ2n) is 6.17. The van der Waals surface area contributed by atoms with Gasteiger partial charge in [0.1, 0.15) is 5.75 Å². The molecule has 0 spiro atoms. The number of anilines is 2. The van der Waals surface area contributed by atoms with Crippen LogP contribution in [0, 0.1) is 6.92 Å². The molecule has 1 N–H and O–H groups in total. The van der Waals surface area contributed by atoms with Gasteiger partial charge in [-0.1, -0.05) is 0 Å². The number of ether oxygens (including phenoxy) is 3. The minimum absolute atomic E-state index is 0.190. The molecule has 4 rings (SSSR count). The van der Waals surface area contributed by atoms with Crippen molar-refractivity contribution in [1.29, 1.82) is 0 Å². The van der Waals surface area contributed by atoms with E-state index in [1.165, 1.54) is 4.90 Å². The van der Waals surface area contributed by atoms with Crippen LogP contribution in [0.15, 0.2) is 54.6 Å². The molecule has 0 bridgehead atoms. The largest absolute Gasteiger partial charge is 0.454 e. The van der Waals surface area contributed by atoms with Crippen LogP contribution in [0.5, 0.6) is 23.1 Å². The average molecular weight is 378 g/mol. The SMILES string of the molecule is Cc1ccc(Oc2ccc(N(C)C(=O)Nc3ccc4c(c3)OCO4)cc2)nn1. The Labute approximate surface area is 161 Å². The lowest BCUT2D eigenvalue weighted by molar-refractivity contribution is 0.174. The minimum Gasteiger partial charge on any atom is -0.454 e. The van der Waals surface area contributed by atoms with Crippen LogP contribution in [0.25, 0.3) is 0 Å². The highest BCUT2D eigenvalue weighted by Crippen LogP contribution is 2.34. The van der Waals surface area contributed by atoms with E-state index in [0.29, 0.717) is 34.5 Å². The van der Waals surface area contributed by atoms with Gasteiger partial charge in [0.15, 0.2) is 11.5 Å². The van der Waals surface area contributed by atoms with Gasteiger partial charge < -0.3 is 19.5 Å². The van der Waals surface area contributed by atoms with Gasteiger partial charge in [0, 0.05) is 30.6 Å². The van der Waals surface area contributed by atoms with Crippen LogP contribution < -0.4 is 24.4 Å². The van der Waals surface area contributed by atoms with Crippen LogP contribution >= 0.6 is 0 Å². The lowest BCUT2D eigenvalue weighted by Gasteiger charge is -2.18. The summed E-state index contributed by atoms with van der Waals surface area (Å²) in [5.41, 5.74) is 2.15. The van der Waals surface area contributed by atoms with Crippen molar-refractivity contribution >= 4 is 17.4 Å². The molecule has 8 heteroatoms. The number of nitrogens with zero attached hydrogens (tertiary/aromatic N) is 3. The fourth-order valence-electron chi connectivity index (χ4n) is 2.60. The zero-order valence-corrected chi connectivity index (χ0v) is 15.4. The lowest BCUT2D eigenvalue weighted by atomic mass is 10.2. The van der Waals surface area contributed by atoms with E-state index >= 15 is 0 Å². The number of aryl methyl sites for hydroxylation is 1. The molecular weight excluding hydrogens is 360 g/mol. The quantitative estimate of drug-likeness (QED) is 0.739. The van der Waals surface area contributed by atoms with Gasteiger partial charge in [0.25, 0.3) is 0 Å². The van der Waals surface area contributed by atoms with E-state index in [2.05, 4.69) is 15.5 Å². The number of benzene rings is 2. The Hall–Kier alpha value is -3.81. The first-order valence-corrected chi connectivity index (χ1v) is 8.61. The molecule has 2 amide bonds. The second-order valence-corrected chi connectivity index (χ2v) is 6.17. The van der Waals surface area contributed by atoms with Gasteiger partial charge in [-0.25, -0.2) is 4.79 Å². The summed E-state index contributed by atoms with van der Waals surface area (Å²) in [6, 6.07) is 15.7.